The molecule has 160 valence electrons. The summed E-state index contributed by atoms with van der Waals surface area (Å²) in [6, 6.07) is 6.84. The highest BCUT2D eigenvalue weighted by molar-refractivity contribution is 6.06. The van der Waals surface area contributed by atoms with Crippen molar-refractivity contribution in [1.82, 2.24) is 15.5 Å². The number of benzene rings is 2. The molecule has 2 aliphatic heterocycles. The molecule has 0 saturated carbocycles. The maximum absolute atomic E-state index is 15.2. The summed E-state index contributed by atoms with van der Waals surface area (Å²) in [4.78, 5) is 50.0. The Morgan fingerprint density at radius 1 is 1.19 bits per heavy atom. The molecule has 4 amide bonds. The van der Waals surface area contributed by atoms with Crippen molar-refractivity contribution < 1.29 is 28.0 Å². The van der Waals surface area contributed by atoms with E-state index < -0.39 is 47.3 Å². The summed E-state index contributed by atoms with van der Waals surface area (Å²) >= 11 is 0. The van der Waals surface area contributed by atoms with Gasteiger partial charge in [-0.2, -0.15) is 0 Å². The first-order chi connectivity index (χ1) is 14.8. The van der Waals surface area contributed by atoms with E-state index in [1.165, 1.54) is 35.2 Å². The third kappa shape index (κ3) is 3.78. The molecular formula is C22H19F2N3O4. The van der Waals surface area contributed by atoms with E-state index in [0.717, 1.165) is 0 Å². The number of nitrogens with zero attached hydrogens (tertiary/aromatic N) is 1. The van der Waals surface area contributed by atoms with Gasteiger partial charge in [-0.15, -0.1) is 0 Å². The van der Waals surface area contributed by atoms with Gasteiger partial charge in [-0.25, -0.2) is 8.78 Å². The van der Waals surface area contributed by atoms with Crippen LogP contribution in [0, 0.1) is 11.6 Å². The van der Waals surface area contributed by atoms with Crippen molar-refractivity contribution in [2.24, 2.45) is 0 Å². The average Bonchev–Trinajstić information content (AvgIpc) is 3.05. The van der Waals surface area contributed by atoms with E-state index in [1.54, 1.807) is 13.0 Å². The topological polar surface area (TPSA) is 95.6 Å². The standard InChI is InChI=1S/C22H19F2N3O4/c1-11(12-3-2-4-13(23)9-12)25-20(29)15-6-5-14-16(19(15)24)10-27(22(14)31)17-7-8-18(28)26-21(17)30/h2-6,9,11,17H,7-8,10H2,1H3,(H,25,29)(H,26,28,30)/t11-,17?/m0/s1. The monoisotopic (exact) mass is 427 g/mol. The summed E-state index contributed by atoms with van der Waals surface area (Å²) in [5.74, 6) is -3.53. The molecule has 31 heavy (non-hydrogen) atoms. The molecule has 2 aliphatic rings. The van der Waals surface area contributed by atoms with Gasteiger partial charge in [0.2, 0.25) is 11.8 Å². The SMILES string of the molecule is C[C@H](NC(=O)c1ccc2c(c1F)CN(C1CCC(=O)NC1=O)C2=O)c1cccc(F)c1. The van der Waals surface area contributed by atoms with Crippen molar-refractivity contribution in [2.45, 2.75) is 38.4 Å². The molecule has 9 heteroatoms. The van der Waals surface area contributed by atoms with E-state index in [9.17, 15) is 23.6 Å². The Labute approximate surface area is 176 Å². The lowest BCUT2D eigenvalue weighted by molar-refractivity contribution is -0.136. The summed E-state index contributed by atoms with van der Waals surface area (Å²) in [5.41, 5.74) is 0.381. The third-order valence-corrected chi connectivity index (χ3v) is 5.59. The van der Waals surface area contributed by atoms with E-state index in [2.05, 4.69) is 10.6 Å². The summed E-state index contributed by atoms with van der Waals surface area (Å²) in [7, 11) is 0. The first-order valence-corrected chi connectivity index (χ1v) is 9.78. The summed E-state index contributed by atoms with van der Waals surface area (Å²) in [6.45, 7) is 1.47. The van der Waals surface area contributed by atoms with E-state index in [4.69, 9.17) is 0 Å². The van der Waals surface area contributed by atoms with Crippen LogP contribution in [0.15, 0.2) is 36.4 Å². The van der Waals surface area contributed by atoms with Crippen LogP contribution in [0.2, 0.25) is 0 Å². The van der Waals surface area contributed by atoms with Gasteiger partial charge in [0, 0.05) is 17.5 Å². The number of hydrogen-bond donors (Lipinski definition) is 2. The zero-order chi connectivity index (χ0) is 22.3. The van der Waals surface area contributed by atoms with Crippen molar-refractivity contribution in [2.75, 3.05) is 0 Å². The van der Waals surface area contributed by atoms with Crippen LogP contribution < -0.4 is 10.6 Å². The second kappa shape index (κ2) is 7.90. The predicted molar refractivity (Wildman–Crippen MR) is 105 cm³/mol. The largest absolute Gasteiger partial charge is 0.345 e. The van der Waals surface area contributed by atoms with Gasteiger partial charge < -0.3 is 10.2 Å². The number of piperidine rings is 1. The first-order valence-electron chi connectivity index (χ1n) is 9.78. The minimum absolute atomic E-state index is 0.0285. The van der Waals surface area contributed by atoms with Gasteiger partial charge in [-0.05, 0) is 43.2 Å². The lowest BCUT2D eigenvalue weighted by Crippen LogP contribution is -2.52. The molecule has 0 aliphatic carbocycles. The molecule has 0 aromatic heterocycles. The molecule has 1 fully saturated rings. The van der Waals surface area contributed by atoms with Crippen LogP contribution in [-0.4, -0.2) is 34.6 Å². The maximum atomic E-state index is 15.2. The van der Waals surface area contributed by atoms with Crippen LogP contribution in [-0.2, 0) is 16.1 Å². The number of amides is 4. The van der Waals surface area contributed by atoms with Gasteiger partial charge in [0.1, 0.15) is 17.7 Å². The van der Waals surface area contributed by atoms with Crippen LogP contribution >= 0.6 is 0 Å². The fourth-order valence-corrected chi connectivity index (χ4v) is 3.91. The van der Waals surface area contributed by atoms with Gasteiger partial charge in [0.25, 0.3) is 11.8 Å². The molecular weight excluding hydrogens is 408 g/mol. The van der Waals surface area contributed by atoms with Crippen molar-refractivity contribution in [3.05, 3.63) is 70.3 Å². The second-order valence-corrected chi connectivity index (χ2v) is 7.60. The highest BCUT2D eigenvalue weighted by Gasteiger charge is 2.40. The quantitative estimate of drug-likeness (QED) is 0.732. The summed E-state index contributed by atoms with van der Waals surface area (Å²) in [5, 5.41) is 4.81. The van der Waals surface area contributed by atoms with E-state index >= 15 is 4.39 Å². The van der Waals surface area contributed by atoms with E-state index in [1.807, 2.05) is 0 Å². The molecule has 2 aromatic carbocycles. The molecule has 7 nitrogen and oxygen atoms in total. The Morgan fingerprint density at radius 3 is 2.68 bits per heavy atom. The highest BCUT2D eigenvalue weighted by atomic mass is 19.1. The Hall–Kier alpha value is -3.62. The number of nitrogens with one attached hydrogen (secondary N) is 2. The highest BCUT2D eigenvalue weighted by Crippen LogP contribution is 2.31. The van der Waals surface area contributed by atoms with Gasteiger partial charge in [-0.3, -0.25) is 24.5 Å². The molecule has 2 heterocycles. The molecule has 4 rings (SSSR count). The molecule has 0 bridgehead atoms. The van der Waals surface area contributed by atoms with Crippen LogP contribution in [0.25, 0.3) is 0 Å². The number of imide groups is 1. The smallest absolute Gasteiger partial charge is 0.255 e. The number of carbonyl (C=O) groups is 4. The average molecular weight is 427 g/mol. The summed E-state index contributed by atoms with van der Waals surface area (Å²) in [6.07, 6.45) is 0.245. The lowest BCUT2D eigenvalue weighted by Gasteiger charge is -2.29. The number of fused-ring (bicyclic) bond motifs is 1. The molecule has 0 spiro atoms. The van der Waals surface area contributed by atoms with E-state index in [0.29, 0.717) is 5.56 Å². The number of carbonyl (C=O) groups excluding carboxylic acids is 4. The van der Waals surface area contributed by atoms with Gasteiger partial charge in [0.05, 0.1) is 18.2 Å². The van der Waals surface area contributed by atoms with Crippen LogP contribution in [0.4, 0.5) is 8.78 Å². The lowest BCUT2D eigenvalue weighted by atomic mass is 10.0. The molecule has 2 atom stereocenters. The number of rotatable bonds is 4. The van der Waals surface area contributed by atoms with Crippen LogP contribution in [0.5, 0.6) is 0 Å². The van der Waals surface area contributed by atoms with Crippen LogP contribution in [0.1, 0.15) is 57.7 Å². The second-order valence-electron chi connectivity index (χ2n) is 7.60. The number of hydrogen-bond acceptors (Lipinski definition) is 4. The van der Waals surface area contributed by atoms with Crippen molar-refractivity contribution in [3.8, 4) is 0 Å². The minimum Gasteiger partial charge on any atom is -0.345 e. The predicted octanol–water partition coefficient (Wildman–Crippen LogP) is 2.22. The molecule has 1 unspecified atom stereocenters. The van der Waals surface area contributed by atoms with Gasteiger partial charge >= 0.3 is 0 Å². The molecule has 1 saturated heterocycles. The van der Waals surface area contributed by atoms with Crippen LogP contribution in [0.3, 0.4) is 0 Å². The van der Waals surface area contributed by atoms with Gasteiger partial charge in [-0.1, -0.05) is 12.1 Å². The molecule has 2 aromatic rings. The number of halogens is 2. The van der Waals surface area contributed by atoms with Crippen molar-refractivity contribution in [1.29, 1.82) is 0 Å². The van der Waals surface area contributed by atoms with Crippen molar-refractivity contribution in [3.63, 3.8) is 0 Å². The molecule has 2 N–H and O–H groups in total. The normalized spacial score (nSPS) is 19.1. The zero-order valence-electron chi connectivity index (χ0n) is 16.6. The van der Waals surface area contributed by atoms with Crippen molar-refractivity contribution >= 4 is 23.6 Å². The minimum atomic E-state index is -0.873. The first kappa shape index (κ1) is 20.6. The Morgan fingerprint density at radius 2 is 1.97 bits per heavy atom. The summed E-state index contributed by atoms with van der Waals surface area (Å²) < 4.78 is 28.6. The Bertz CT molecular complexity index is 1120. The third-order valence-electron chi connectivity index (χ3n) is 5.59. The molecule has 0 radical (unpaired) electrons. The zero-order valence-corrected chi connectivity index (χ0v) is 16.6. The fraction of sp³-hybridized carbons (Fsp3) is 0.273. The Balaban J connectivity index is 1.55. The Kier molecular flexibility index (Phi) is 5.26. The maximum Gasteiger partial charge on any atom is 0.255 e. The van der Waals surface area contributed by atoms with E-state index in [-0.39, 0.29) is 36.1 Å². The van der Waals surface area contributed by atoms with Gasteiger partial charge in [0.15, 0.2) is 0 Å². The fourth-order valence-electron chi connectivity index (χ4n) is 3.91.